The van der Waals surface area contributed by atoms with Crippen LogP contribution < -0.4 is 9.80 Å². The van der Waals surface area contributed by atoms with Crippen LogP contribution in [0.2, 0.25) is 0 Å². The third kappa shape index (κ3) is 7.37. The third-order valence-electron chi connectivity index (χ3n) is 17.7. The number of nitrogens with zero attached hydrogens (tertiary/aromatic N) is 2. The molecule has 0 radical (unpaired) electrons. The molecular weight excluding hydrogens is 948 g/mol. The van der Waals surface area contributed by atoms with Gasteiger partial charge in [-0.1, -0.05) is 75.9 Å². The average molecular weight is 1020 g/mol. The molecule has 3 heteroatoms. The molecule has 3 heterocycles. The number of anilines is 6. The first kappa shape index (κ1) is 48.1. The second-order valence-corrected chi connectivity index (χ2v) is 24.9. The number of fused-ring (bicyclic) bond motifs is 7. The number of hydrogen-bond donors (Lipinski definition) is 0. The maximum atomic E-state index is 2.76. The maximum absolute atomic E-state index is 2.76. The molecule has 2 aliphatic heterocycles. The van der Waals surface area contributed by atoms with E-state index in [1.165, 1.54) is 183 Å². The summed E-state index contributed by atoms with van der Waals surface area (Å²) in [4.78, 5) is 5.44. The van der Waals surface area contributed by atoms with Gasteiger partial charge in [0.15, 0.2) is 0 Å². The van der Waals surface area contributed by atoms with E-state index in [0.29, 0.717) is 11.8 Å². The number of para-hydroxylation sites is 3. The minimum atomic E-state index is -0.0779. The molecule has 0 saturated heterocycles. The summed E-state index contributed by atoms with van der Waals surface area (Å²) >= 11 is 0.242. The molecule has 10 aromatic rings. The van der Waals surface area contributed by atoms with Crippen LogP contribution in [0.15, 0.2) is 146 Å². The quantitative estimate of drug-likeness (QED) is 0.0703. The summed E-state index contributed by atoms with van der Waals surface area (Å²) in [7, 11) is 0. The van der Waals surface area contributed by atoms with E-state index in [1.807, 2.05) is 0 Å². The molecule has 2 aliphatic rings. The van der Waals surface area contributed by atoms with E-state index in [4.69, 9.17) is 0 Å². The second-order valence-electron chi connectivity index (χ2n) is 22.6. The summed E-state index contributed by atoms with van der Waals surface area (Å²) in [5, 5.41) is 11.2. The SMILES string of the molecule is CCCCC1(CCCC)c2ccccc2N(c2cc(C(C)C)c3ccc4c(N5c6ccccc6C(CCCC)(CCCC)c6cc7c(cc65)[se]c5ccccc57)cc(C(C)C)c5ccc2c3c54)c2ccccc21. The van der Waals surface area contributed by atoms with Crippen LogP contribution in [0.3, 0.4) is 0 Å². The Morgan fingerprint density at radius 3 is 1.21 bits per heavy atom. The first-order valence-corrected chi connectivity index (χ1v) is 30.0. The van der Waals surface area contributed by atoms with Gasteiger partial charge >= 0.3 is 327 Å². The molecule has 0 spiro atoms. The van der Waals surface area contributed by atoms with Crippen LogP contribution in [0, 0.1) is 0 Å². The van der Waals surface area contributed by atoms with Crippen LogP contribution in [0.5, 0.6) is 0 Å². The average Bonchev–Trinajstić information content (AvgIpc) is 3.79. The molecule has 0 fully saturated rings. The van der Waals surface area contributed by atoms with Gasteiger partial charge in [-0.15, -0.1) is 0 Å². The van der Waals surface area contributed by atoms with Crippen LogP contribution in [0.25, 0.3) is 51.6 Å². The predicted molar refractivity (Wildman–Crippen MR) is 319 cm³/mol. The first-order chi connectivity index (χ1) is 35.7. The van der Waals surface area contributed by atoms with Gasteiger partial charge in [0.25, 0.3) is 0 Å². The molecule has 12 rings (SSSR count). The topological polar surface area (TPSA) is 6.48 Å². The zero-order valence-electron chi connectivity index (χ0n) is 44.8. The third-order valence-corrected chi connectivity index (χ3v) is 20.1. The Morgan fingerprint density at radius 1 is 0.356 bits per heavy atom. The van der Waals surface area contributed by atoms with Gasteiger partial charge in [-0.05, 0) is 36.1 Å². The van der Waals surface area contributed by atoms with Crippen LogP contribution in [-0.2, 0) is 10.8 Å². The van der Waals surface area contributed by atoms with E-state index in [-0.39, 0.29) is 25.3 Å². The van der Waals surface area contributed by atoms with Crippen LogP contribution in [-0.4, -0.2) is 14.5 Å². The van der Waals surface area contributed by atoms with Crippen molar-refractivity contribution in [3.05, 3.63) is 179 Å². The van der Waals surface area contributed by atoms with E-state index >= 15 is 0 Å². The van der Waals surface area contributed by atoms with Crippen molar-refractivity contribution in [3.63, 3.8) is 0 Å². The number of benzene rings is 9. The van der Waals surface area contributed by atoms with Gasteiger partial charge in [-0.25, -0.2) is 0 Å². The number of unbranched alkanes of at least 4 members (excludes halogenated alkanes) is 4. The fraction of sp³-hybridized carbons (Fsp3) is 0.343. The summed E-state index contributed by atoms with van der Waals surface area (Å²) in [6.45, 7) is 19.1. The molecule has 0 bridgehead atoms. The smallest absolute Gasteiger partial charge is 0.0618 e. The summed E-state index contributed by atoms with van der Waals surface area (Å²) in [6.07, 6.45) is 14.2. The van der Waals surface area contributed by atoms with Gasteiger partial charge < -0.3 is 0 Å². The molecule has 0 atom stereocenters. The van der Waals surface area contributed by atoms with E-state index in [1.54, 1.807) is 0 Å². The normalized spacial score (nSPS) is 14.8. The molecular formula is C70H74N2Se. The van der Waals surface area contributed by atoms with E-state index < -0.39 is 0 Å². The zero-order valence-corrected chi connectivity index (χ0v) is 46.5. The van der Waals surface area contributed by atoms with Crippen molar-refractivity contribution < 1.29 is 0 Å². The van der Waals surface area contributed by atoms with Crippen molar-refractivity contribution in [1.29, 1.82) is 0 Å². The van der Waals surface area contributed by atoms with Gasteiger partial charge in [0.2, 0.25) is 0 Å². The van der Waals surface area contributed by atoms with E-state index in [9.17, 15) is 0 Å². The molecule has 0 N–H and O–H groups in total. The van der Waals surface area contributed by atoms with Crippen molar-refractivity contribution in [2.45, 2.75) is 155 Å². The molecule has 2 nitrogen and oxygen atoms in total. The Morgan fingerprint density at radius 2 is 0.753 bits per heavy atom. The van der Waals surface area contributed by atoms with Crippen LogP contribution >= 0.6 is 0 Å². The first-order valence-electron chi connectivity index (χ1n) is 28.3. The van der Waals surface area contributed by atoms with Gasteiger partial charge in [0, 0.05) is 5.41 Å². The fourth-order valence-electron chi connectivity index (χ4n) is 14.2. The fourth-order valence-corrected chi connectivity index (χ4v) is 16.5. The molecule has 73 heavy (non-hydrogen) atoms. The van der Waals surface area contributed by atoms with Crippen molar-refractivity contribution in [2.75, 3.05) is 9.80 Å². The Bertz CT molecular complexity index is 3610. The van der Waals surface area contributed by atoms with Gasteiger partial charge in [-0.2, -0.15) is 0 Å². The number of hydrogen-bond acceptors (Lipinski definition) is 2. The second kappa shape index (κ2) is 19.1. The molecule has 0 saturated carbocycles. The summed E-state index contributed by atoms with van der Waals surface area (Å²) in [5.74, 6) is 0.641. The molecule has 1 aromatic heterocycles. The minimum absolute atomic E-state index is 0.0306. The van der Waals surface area contributed by atoms with Crippen molar-refractivity contribution in [1.82, 2.24) is 0 Å². The van der Waals surface area contributed by atoms with E-state index in [2.05, 4.69) is 211 Å². The molecule has 0 amide bonds. The summed E-state index contributed by atoms with van der Waals surface area (Å²) < 4.78 is 3.03. The summed E-state index contributed by atoms with van der Waals surface area (Å²) in [6, 6.07) is 58.5. The van der Waals surface area contributed by atoms with E-state index in [0.717, 1.165) is 12.8 Å². The molecule has 0 unspecified atom stereocenters. The molecule has 370 valence electrons. The zero-order chi connectivity index (χ0) is 50.2. The number of rotatable bonds is 16. The van der Waals surface area contributed by atoms with Crippen LogP contribution in [0.4, 0.5) is 34.1 Å². The van der Waals surface area contributed by atoms with Gasteiger partial charge in [0.05, 0.1) is 0 Å². The van der Waals surface area contributed by atoms with Crippen molar-refractivity contribution in [3.8, 4) is 0 Å². The Kier molecular flexibility index (Phi) is 12.6. The van der Waals surface area contributed by atoms with Crippen LogP contribution in [0.1, 0.15) is 178 Å². The Labute approximate surface area is 441 Å². The monoisotopic (exact) mass is 1020 g/mol. The Balaban J connectivity index is 1.18. The van der Waals surface area contributed by atoms with Crippen molar-refractivity contribution >= 4 is 100 Å². The summed E-state index contributed by atoms with van der Waals surface area (Å²) in [5.41, 5.74) is 16.8. The Hall–Kier alpha value is -5.86. The van der Waals surface area contributed by atoms with Gasteiger partial charge in [0.1, 0.15) is 0 Å². The van der Waals surface area contributed by atoms with Gasteiger partial charge in [-0.3, -0.25) is 0 Å². The minimum Gasteiger partial charge on any atom is -0.0618 e. The molecule has 9 aromatic carbocycles. The predicted octanol–water partition coefficient (Wildman–Crippen LogP) is 21.1. The molecule has 0 aliphatic carbocycles. The van der Waals surface area contributed by atoms with Crippen molar-refractivity contribution in [2.24, 2.45) is 0 Å². The standard InChI is InChI=1S/C70H74N2Se/c1-9-13-37-69(38-14-10-2)55-26-18-21-29-59(55)71(60-30-22-19-27-56(60)69)62-42-52(45(5)6)48-34-36-51-63(43-53(46(7)8)49-33-35-50(62)67(48)68(49)51)72-61-31-23-20-28-57(61)70(39-15-11-3,40-16-12-4)58-41-54-47-25-17-24-32-65(47)73-66(54)44-64(58)72/h17-36,41-46H,9-16,37-40H2,1-8H3.